The van der Waals surface area contributed by atoms with Gasteiger partial charge in [0.25, 0.3) is 0 Å². The van der Waals surface area contributed by atoms with Crippen molar-refractivity contribution in [3.05, 3.63) is 0 Å². The maximum Gasteiger partial charge on any atom is 0.308 e. The lowest BCUT2D eigenvalue weighted by atomic mass is 9.55. The Bertz CT molecular complexity index is 1310. The molecule has 9 heteroatoms. The highest BCUT2D eigenvalue weighted by Gasteiger charge is 2.52. The number of hydrogen-bond acceptors (Lipinski definition) is 8. The summed E-state index contributed by atoms with van der Waals surface area (Å²) >= 11 is 0. The number of carbonyl (C=O) groups excluding carboxylic acids is 3. The topological polar surface area (TPSA) is 123 Å². The Morgan fingerprint density at radius 3 is 1.63 bits per heavy atom. The molecule has 0 aliphatic carbocycles. The van der Waals surface area contributed by atoms with E-state index < -0.39 is 34.4 Å². The second-order valence-electron chi connectivity index (χ2n) is 24.5. The van der Waals surface area contributed by atoms with Gasteiger partial charge in [0.2, 0.25) is 5.91 Å². The summed E-state index contributed by atoms with van der Waals surface area (Å²) in [6, 6.07) is 0.0166. The highest BCUT2D eigenvalue weighted by Crippen LogP contribution is 2.54. The van der Waals surface area contributed by atoms with Crippen LogP contribution in [0.15, 0.2) is 0 Å². The third-order valence-corrected chi connectivity index (χ3v) is 13.9. The molecule has 1 aliphatic heterocycles. The third-order valence-electron chi connectivity index (χ3n) is 13.9. The lowest BCUT2D eigenvalue weighted by molar-refractivity contribution is -0.166. The standard InChI is InChI=1S/C48H91NO8/c1-32(25-44(12,13)35(26-41(3,4)5)49-24-22-23-39(49)53)40(54)56-31-34(51)30-55-37(43(9,10)11)29-46(16,17)47(18,19)36(52)27-45(14,15)48(20,21)38(57-33(2)50)28-42(6,7)8/h32,34-38,51-52H,22-31H2,1-21H3. The van der Waals surface area contributed by atoms with E-state index in [2.05, 4.69) is 132 Å². The quantitative estimate of drug-likeness (QED) is 0.110. The minimum atomic E-state index is -1.00. The Morgan fingerprint density at radius 2 is 1.19 bits per heavy atom. The van der Waals surface area contributed by atoms with E-state index in [1.54, 1.807) is 0 Å². The van der Waals surface area contributed by atoms with Gasteiger partial charge in [-0.15, -0.1) is 0 Å². The van der Waals surface area contributed by atoms with Crippen LogP contribution >= 0.6 is 0 Å². The van der Waals surface area contributed by atoms with Gasteiger partial charge < -0.3 is 29.3 Å². The molecule has 0 aromatic rings. The van der Waals surface area contributed by atoms with E-state index in [0.29, 0.717) is 32.1 Å². The molecule has 1 fully saturated rings. The second kappa shape index (κ2) is 19.3. The summed E-state index contributed by atoms with van der Waals surface area (Å²) in [7, 11) is 0. The van der Waals surface area contributed by atoms with Crippen molar-refractivity contribution in [2.24, 2.45) is 49.2 Å². The first-order valence-corrected chi connectivity index (χ1v) is 21.9. The van der Waals surface area contributed by atoms with E-state index >= 15 is 0 Å². The maximum atomic E-state index is 13.3. The van der Waals surface area contributed by atoms with E-state index in [1.165, 1.54) is 6.92 Å². The molecule has 0 bridgehead atoms. The Labute approximate surface area is 350 Å². The highest BCUT2D eigenvalue weighted by molar-refractivity contribution is 5.78. The van der Waals surface area contributed by atoms with Crippen LogP contribution in [0.1, 0.15) is 190 Å². The number of hydrogen-bond donors (Lipinski definition) is 2. The SMILES string of the molecule is CC(=O)OC(CC(C)(C)C)C(C)(C)C(C)(C)CC(O)C(C)(C)C(C)(C)CC(OCC(O)COC(=O)C(C)CC(C)(C)C(CC(C)(C)C)N1CCCC1=O)C(C)(C)C. The van der Waals surface area contributed by atoms with E-state index in [0.717, 1.165) is 19.4 Å². The maximum absolute atomic E-state index is 13.3. The number of carbonyl (C=O) groups is 3. The summed E-state index contributed by atoms with van der Waals surface area (Å²) in [5.41, 5.74) is -2.37. The average molecular weight is 810 g/mol. The first-order valence-electron chi connectivity index (χ1n) is 21.9. The minimum Gasteiger partial charge on any atom is -0.463 e. The Hall–Kier alpha value is -1.71. The molecule has 9 nitrogen and oxygen atoms in total. The molecular formula is C48H91NO8. The van der Waals surface area contributed by atoms with Crippen molar-refractivity contribution in [2.45, 2.75) is 221 Å². The van der Waals surface area contributed by atoms with Crippen LogP contribution in [0.25, 0.3) is 0 Å². The second-order valence-corrected chi connectivity index (χ2v) is 24.5. The largest absolute Gasteiger partial charge is 0.463 e. The number of ether oxygens (including phenoxy) is 3. The molecule has 6 unspecified atom stereocenters. The molecule has 0 spiro atoms. The molecule has 1 aliphatic rings. The molecule has 0 radical (unpaired) electrons. The molecule has 1 saturated heterocycles. The van der Waals surface area contributed by atoms with E-state index in [-0.39, 0.29) is 76.4 Å². The molecule has 1 amide bonds. The van der Waals surface area contributed by atoms with Gasteiger partial charge in [-0.3, -0.25) is 14.4 Å². The number of aliphatic hydroxyl groups excluding tert-OH is 2. The van der Waals surface area contributed by atoms with Crippen LogP contribution in [0.2, 0.25) is 0 Å². The van der Waals surface area contributed by atoms with Crippen LogP contribution in [0.5, 0.6) is 0 Å². The lowest BCUT2D eigenvalue weighted by Gasteiger charge is -2.53. The zero-order valence-corrected chi connectivity index (χ0v) is 40.8. The average Bonchev–Trinajstić information content (AvgIpc) is 3.42. The number of amides is 1. The number of likely N-dealkylation sites (tertiary alicyclic amines) is 1. The Balaban J connectivity index is 3.02. The summed E-state index contributed by atoms with van der Waals surface area (Å²) in [5, 5.41) is 23.1. The van der Waals surface area contributed by atoms with Gasteiger partial charge in [-0.2, -0.15) is 0 Å². The van der Waals surface area contributed by atoms with Crippen LogP contribution in [-0.2, 0) is 28.6 Å². The Morgan fingerprint density at radius 1 is 0.684 bits per heavy atom. The molecule has 336 valence electrons. The van der Waals surface area contributed by atoms with Crippen LogP contribution in [0.4, 0.5) is 0 Å². The van der Waals surface area contributed by atoms with Gasteiger partial charge in [-0.25, -0.2) is 0 Å². The molecule has 1 rings (SSSR count). The number of nitrogens with zero attached hydrogens (tertiary/aromatic N) is 1. The van der Waals surface area contributed by atoms with Gasteiger partial charge in [0, 0.05) is 31.3 Å². The fraction of sp³-hybridized carbons (Fsp3) is 0.938. The lowest BCUT2D eigenvalue weighted by Crippen LogP contribution is -2.52. The van der Waals surface area contributed by atoms with E-state index in [4.69, 9.17) is 14.2 Å². The molecule has 2 N–H and O–H groups in total. The summed E-state index contributed by atoms with van der Waals surface area (Å²) in [6.45, 7) is 44.8. The number of aliphatic hydroxyl groups is 2. The monoisotopic (exact) mass is 810 g/mol. The summed E-state index contributed by atoms with van der Waals surface area (Å²) in [4.78, 5) is 40.3. The molecule has 6 atom stereocenters. The third kappa shape index (κ3) is 15.7. The van der Waals surface area contributed by atoms with Gasteiger partial charge in [-0.05, 0) is 76.4 Å². The molecule has 0 saturated carbocycles. The van der Waals surface area contributed by atoms with Gasteiger partial charge in [0.1, 0.15) is 18.8 Å². The fourth-order valence-electron chi connectivity index (χ4n) is 8.42. The van der Waals surface area contributed by atoms with Crippen molar-refractivity contribution < 1.29 is 38.8 Å². The molecule has 0 aromatic heterocycles. The summed E-state index contributed by atoms with van der Waals surface area (Å²) in [6.07, 6.45) is 2.44. The van der Waals surface area contributed by atoms with Crippen molar-refractivity contribution >= 4 is 17.8 Å². The van der Waals surface area contributed by atoms with Gasteiger partial charge in [0.05, 0.1) is 24.7 Å². The Kier molecular flexibility index (Phi) is 18.1. The smallest absolute Gasteiger partial charge is 0.308 e. The summed E-state index contributed by atoms with van der Waals surface area (Å²) < 4.78 is 18.1. The molecule has 57 heavy (non-hydrogen) atoms. The van der Waals surface area contributed by atoms with Crippen LogP contribution in [0.3, 0.4) is 0 Å². The van der Waals surface area contributed by atoms with Crippen LogP contribution < -0.4 is 0 Å². The van der Waals surface area contributed by atoms with E-state index in [9.17, 15) is 24.6 Å². The molecular weight excluding hydrogens is 719 g/mol. The highest BCUT2D eigenvalue weighted by atomic mass is 16.6. The fourth-order valence-corrected chi connectivity index (χ4v) is 8.42. The van der Waals surface area contributed by atoms with Gasteiger partial charge >= 0.3 is 11.9 Å². The first kappa shape index (κ1) is 53.3. The van der Waals surface area contributed by atoms with Crippen LogP contribution in [-0.4, -0.2) is 83.2 Å². The summed E-state index contributed by atoms with van der Waals surface area (Å²) in [5.74, 6) is -0.875. The first-order chi connectivity index (χ1) is 25.3. The predicted molar refractivity (Wildman–Crippen MR) is 233 cm³/mol. The normalized spacial score (nSPS) is 18.9. The predicted octanol–water partition coefficient (Wildman–Crippen LogP) is 10.4. The van der Waals surface area contributed by atoms with Crippen LogP contribution in [0, 0.1) is 49.2 Å². The molecule has 1 heterocycles. The van der Waals surface area contributed by atoms with Gasteiger partial charge in [0.15, 0.2) is 0 Å². The van der Waals surface area contributed by atoms with Crippen molar-refractivity contribution in [1.29, 1.82) is 0 Å². The number of esters is 2. The zero-order valence-electron chi connectivity index (χ0n) is 40.8. The molecule has 0 aromatic carbocycles. The van der Waals surface area contributed by atoms with Crippen molar-refractivity contribution in [2.75, 3.05) is 19.8 Å². The van der Waals surface area contributed by atoms with Gasteiger partial charge in [-0.1, -0.05) is 138 Å². The van der Waals surface area contributed by atoms with Crippen molar-refractivity contribution in [3.8, 4) is 0 Å². The number of rotatable bonds is 21. The van der Waals surface area contributed by atoms with E-state index in [1.807, 2.05) is 11.8 Å². The minimum absolute atomic E-state index is 0.00537. The zero-order chi connectivity index (χ0) is 45.0. The van der Waals surface area contributed by atoms with Crippen molar-refractivity contribution in [1.82, 2.24) is 4.90 Å². The van der Waals surface area contributed by atoms with Crippen molar-refractivity contribution in [3.63, 3.8) is 0 Å².